The number of hydrogen-bond acceptors (Lipinski definition) is 5. The molecule has 0 aromatic heterocycles. The summed E-state index contributed by atoms with van der Waals surface area (Å²) in [6.07, 6.45) is -3.33. The first-order valence-corrected chi connectivity index (χ1v) is 10.7. The quantitative estimate of drug-likeness (QED) is 0.688. The number of amides is 3. The van der Waals surface area contributed by atoms with Crippen molar-refractivity contribution in [2.24, 2.45) is 0 Å². The molecule has 0 unspecified atom stereocenters. The van der Waals surface area contributed by atoms with Crippen molar-refractivity contribution < 1.29 is 32.3 Å². The van der Waals surface area contributed by atoms with Crippen molar-refractivity contribution >= 4 is 40.5 Å². The Kier molecular flexibility index (Phi) is 6.11. The standard InChI is InChI=1S/C23H23F3N4O4/c1-13(27-15-6-8-18(19(11-15)34-2)29-9-3-4-21(29)32)22(33)30-12-20(31)28-16-10-14(23(24,25)26)5-7-17(16)30/h5-8,10-11,13,27H,3-4,9,12H2,1-2H3,(H,28,31)/t13-/m0/s1. The van der Waals surface area contributed by atoms with E-state index in [1.54, 1.807) is 30.0 Å². The maximum atomic E-state index is 13.1. The molecule has 0 aliphatic carbocycles. The third-order valence-electron chi connectivity index (χ3n) is 5.75. The molecule has 1 fully saturated rings. The molecule has 3 amide bonds. The first-order valence-electron chi connectivity index (χ1n) is 10.7. The van der Waals surface area contributed by atoms with Crippen molar-refractivity contribution in [3.8, 4) is 5.75 Å². The second-order valence-corrected chi connectivity index (χ2v) is 8.10. The Morgan fingerprint density at radius 3 is 2.53 bits per heavy atom. The Balaban J connectivity index is 1.54. The van der Waals surface area contributed by atoms with Crippen LogP contribution in [0.1, 0.15) is 25.3 Å². The Labute approximate surface area is 193 Å². The highest BCUT2D eigenvalue weighted by Gasteiger charge is 2.35. The first kappa shape index (κ1) is 23.4. The zero-order chi connectivity index (χ0) is 24.6. The van der Waals surface area contributed by atoms with Crippen molar-refractivity contribution in [3.05, 3.63) is 42.0 Å². The summed E-state index contributed by atoms with van der Waals surface area (Å²) in [6, 6.07) is 7.14. The molecule has 0 spiro atoms. The minimum Gasteiger partial charge on any atom is -0.494 e. The van der Waals surface area contributed by atoms with Crippen LogP contribution in [0.25, 0.3) is 0 Å². The van der Waals surface area contributed by atoms with Crippen LogP contribution in [-0.4, -0.2) is 44.0 Å². The number of benzene rings is 2. The number of nitrogens with zero attached hydrogens (tertiary/aromatic N) is 2. The van der Waals surface area contributed by atoms with Crippen LogP contribution in [0.4, 0.5) is 35.9 Å². The van der Waals surface area contributed by atoms with Gasteiger partial charge < -0.3 is 20.3 Å². The van der Waals surface area contributed by atoms with Gasteiger partial charge in [0.15, 0.2) is 0 Å². The molecule has 2 N–H and O–H groups in total. The summed E-state index contributed by atoms with van der Waals surface area (Å²) in [7, 11) is 1.48. The molecule has 0 radical (unpaired) electrons. The largest absolute Gasteiger partial charge is 0.494 e. The van der Waals surface area contributed by atoms with E-state index < -0.39 is 29.6 Å². The maximum Gasteiger partial charge on any atom is 0.416 e. The van der Waals surface area contributed by atoms with E-state index >= 15 is 0 Å². The number of carbonyl (C=O) groups excluding carboxylic acids is 3. The lowest BCUT2D eigenvalue weighted by Gasteiger charge is -2.32. The summed E-state index contributed by atoms with van der Waals surface area (Å²) in [5.74, 6) is -0.608. The van der Waals surface area contributed by atoms with Crippen LogP contribution >= 0.6 is 0 Å². The van der Waals surface area contributed by atoms with Gasteiger partial charge >= 0.3 is 6.18 Å². The molecule has 2 heterocycles. The second-order valence-electron chi connectivity index (χ2n) is 8.10. The van der Waals surface area contributed by atoms with Crippen LogP contribution in [0.15, 0.2) is 36.4 Å². The van der Waals surface area contributed by atoms with Crippen molar-refractivity contribution in [3.63, 3.8) is 0 Å². The molecule has 34 heavy (non-hydrogen) atoms. The molecule has 2 aromatic carbocycles. The van der Waals surface area contributed by atoms with Crippen molar-refractivity contribution in [1.82, 2.24) is 0 Å². The van der Waals surface area contributed by atoms with E-state index in [1.165, 1.54) is 13.2 Å². The van der Waals surface area contributed by atoms with Crippen LogP contribution < -0.4 is 25.2 Å². The van der Waals surface area contributed by atoms with Crippen molar-refractivity contribution in [2.45, 2.75) is 32.0 Å². The number of halogens is 3. The summed E-state index contributed by atoms with van der Waals surface area (Å²) in [4.78, 5) is 40.1. The molecule has 4 rings (SSSR count). The SMILES string of the molecule is COc1cc(N[C@@H](C)C(=O)N2CC(=O)Nc3cc(C(F)(F)F)ccc32)ccc1N1CCCC1=O. The van der Waals surface area contributed by atoms with Gasteiger partial charge in [-0.25, -0.2) is 0 Å². The van der Waals surface area contributed by atoms with E-state index in [0.717, 1.165) is 23.5 Å². The van der Waals surface area contributed by atoms with Crippen LogP contribution in [0.5, 0.6) is 5.75 Å². The van der Waals surface area contributed by atoms with Gasteiger partial charge in [-0.1, -0.05) is 0 Å². The Morgan fingerprint density at radius 1 is 1.15 bits per heavy atom. The molecule has 2 aliphatic heterocycles. The summed E-state index contributed by atoms with van der Waals surface area (Å²) < 4.78 is 44.6. The molecule has 1 atom stereocenters. The van der Waals surface area contributed by atoms with Gasteiger partial charge in [0.05, 0.1) is 29.7 Å². The van der Waals surface area contributed by atoms with Crippen molar-refractivity contribution in [2.75, 3.05) is 40.6 Å². The number of methoxy groups -OCH3 is 1. The van der Waals surface area contributed by atoms with Gasteiger partial charge in [0.25, 0.3) is 0 Å². The Bertz CT molecular complexity index is 1150. The second kappa shape index (κ2) is 8.88. The topological polar surface area (TPSA) is 91.0 Å². The van der Waals surface area contributed by atoms with Gasteiger partial charge in [-0.15, -0.1) is 0 Å². The molecule has 0 saturated carbocycles. The number of hydrogen-bond donors (Lipinski definition) is 2. The van der Waals surface area contributed by atoms with E-state index in [2.05, 4.69) is 10.6 Å². The molecule has 2 aliphatic rings. The van der Waals surface area contributed by atoms with Gasteiger partial charge in [-0.05, 0) is 43.7 Å². The number of anilines is 4. The molecule has 1 saturated heterocycles. The lowest BCUT2D eigenvalue weighted by Crippen LogP contribution is -2.48. The number of alkyl halides is 3. The highest BCUT2D eigenvalue weighted by atomic mass is 19.4. The van der Waals surface area contributed by atoms with Crippen LogP contribution in [0.2, 0.25) is 0 Å². The predicted octanol–water partition coefficient (Wildman–Crippen LogP) is 3.63. The van der Waals surface area contributed by atoms with Gasteiger partial charge in [-0.2, -0.15) is 13.2 Å². The normalized spacial score (nSPS) is 16.7. The fraction of sp³-hybridized carbons (Fsp3) is 0.348. The molecular weight excluding hydrogens is 453 g/mol. The van der Waals surface area contributed by atoms with E-state index in [0.29, 0.717) is 30.1 Å². The lowest BCUT2D eigenvalue weighted by atomic mass is 10.1. The average molecular weight is 476 g/mol. The molecule has 8 nitrogen and oxygen atoms in total. The van der Waals surface area contributed by atoms with E-state index in [1.807, 2.05) is 0 Å². The summed E-state index contributed by atoms with van der Waals surface area (Å²) in [5.41, 5.74) is 0.370. The highest BCUT2D eigenvalue weighted by molar-refractivity contribution is 6.11. The molecule has 2 aromatic rings. The number of carbonyl (C=O) groups is 3. The van der Waals surface area contributed by atoms with Crippen LogP contribution in [0, 0.1) is 0 Å². The smallest absolute Gasteiger partial charge is 0.416 e. The zero-order valence-corrected chi connectivity index (χ0v) is 18.5. The minimum absolute atomic E-state index is 0.0123. The fourth-order valence-corrected chi connectivity index (χ4v) is 4.10. The third kappa shape index (κ3) is 4.50. The number of fused-ring (bicyclic) bond motifs is 1. The maximum absolute atomic E-state index is 13.1. The summed E-state index contributed by atoms with van der Waals surface area (Å²) in [6.45, 7) is 1.87. The average Bonchev–Trinajstić information content (AvgIpc) is 3.22. The predicted molar refractivity (Wildman–Crippen MR) is 120 cm³/mol. The first-order chi connectivity index (χ1) is 16.1. The molecule has 0 bridgehead atoms. The van der Waals surface area contributed by atoms with Crippen LogP contribution in [-0.2, 0) is 20.6 Å². The number of ether oxygens (including phenoxy) is 1. The monoisotopic (exact) mass is 476 g/mol. The zero-order valence-electron chi connectivity index (χ0n) is 18.5. The molecular formula is C23H23F3N4O4. The molecule has 11 heteroatoms. The third-order valence-corrected chi connectivity index (χ3v) is 5.75. The van der Waals surface area contributed by atoms with Gasteiger partial charge in [-0.3, -0.25) is 19.3 Å². The summed E-state index contributed by atoms with van der Waals surface area (Å²) in [5, 5.41) is 5.43. The number of rotatable bonds is 5. The molecule has 180 valence electrons. The lowest BCUT2D eigenvalue weighted by molar-refractivity contribution is -0.137. The van der Waals surface area contributed by atoms with Crippen molar-refractivity contribution in [1.29, 1.82) is 0 Å². The highest BCUT2D eigenvalue weighted by Crippen LogP contribution is 2.38. The van der Waals surface area contributed by atoms with Crippen LogP contribution in [0.3, 0.4) is 0 Å². The summed E-state index contributed by atoms with van der Waals surface area (Å²) >= 11 is 0. The van der Waals surface area contributed by atoms with E-state index in [4.69, 9.17) is 4.74 Å². The van der Waals surface area contributed by atoms with Gasteiger partial charge in [0.1, 0.15) is 18.3 Å². The van der Waals surface area contributed by atoms with E-state index in [9.17, 15) is 27.6 Å². The minimum atomic E-state index is -4.58. The Morgan fingerprint density at radius 2 is 1.88 bits per heavy atom. The van der Waals surface area contributed by atoms with Gasteiger partial charge in [0, 0.05) is 24.7 Å². The van der Waals surface area contributed by atoms with Gasteiger partial charge in [0.2, 0.25) is 17.7 Å². The number of nitrogens with one attached hydrogen (secondary N) is 2. The van der Waals surface area contributed by atoms with E-state index in [-0.39, 0.29) is 23.8 Å². The fourth-order valence-electron chi connectivity index (χ4n) is 4.10. The Hall–Kier alpha value is -3.76.